The lowest BCUT2D eigenvalue weighted by Crippen LogP contribution is -2.41. The lowest BCUT2D eigenvalue weighted by Gasteiger charge is -2.29. The van der Waals surface area contributed by atoms with Crippen LogP contribution in [-0.4, -0.2) is 38.0 Å². The molecule has 0 spiro atoms. The Hall–Kier alpha value is -1.54. The fourth-order valence-electron chi connectivity index (χ4n) is 3.04. The highest BCUT2D eigenvalue weighted by atomic mass is 79.9. The van der Waals surface area contributed by atoms with Gasteiger partial charge in [0.1, 0.15) is 5.75 Å². The highest BCUT2D eigenvalue weighted by molar-refractivity contribution is 9.10. The average Bonchev–Trinajstić information content (AvgIpc) is 3.06. The van der Waals surface area contributed by atoms with Crippen molar-refractivity contribution in [2.45, 2.75) is 43.8 Å². The highest BCUT2D eigenvalue weighted by Crippen LogP contribution is 2.30. The second kappa shape index (κ2) is 8.23. The molecule has 0 aliphatic heterocycles. The van der Waals surface area contributed by atoms with Crippen molar-refractivity contribution in [3.8, 4) is 17.1 Å². The van der Waals surface area contributed by atoms with Crippen LogP contribution in [-0.2, 0) is 4.79 Å². The van der Waals surface area contributed by atoms with Gasteiger partial charge in [-0.25, -0.2) is 4.98 Å². The van der Waals surface area contributed by atoms with E-state index in [9.17, 15) is 9.90 Å². The molecular weight excluding hydrogens is 404 g/mol. The molecule has 1 fully saturated rings. The summed E-state index contributed by atoms with van der Waals surface area (Å²) >= 11 is 4.66. The van der Waals surface area contributed by atoms with Crippen LogP contribution in [0.1, 0.15) is 32.6 Å². The Bertz CT molecular complexity index is 752. The number of phenols is 1. The van der Waals surface area contributed by atoms with E-state index in [-0.39, 0.29) is 23.5 Å². The number of halogens is 1. The first-order valence-electron chi connectivity index (χ1n) is 8.36. The van der Waals surface area contributed by atoms with Crippen LogP contribution < -0.4 is 5.32 Å². The summed E-state index contributed by atoms with van der Waals surface area (Å²) < 4.78 is 0.840. The van der Waals surface area contributed by atoms with Crippen molar-refractivity contribution in [3.05, 3.63) is 22.7 Å². The van der Waals surface area contributed by atoms with Gasteiger partial charge < -0.3 is 10.4 Å². The summed E-state index contributed by atoms with van der Waals surface area (Å²) in [6, 6.07) is 5.39. The first-order valence-corrected chi connectivity index (χ1v) is 10.1. The van der Waals surface area contributed by atoms with Crippen molar-refractivity contribution < 1.29 is 9.90 Å². The summed E-state index contributed by atoms with van der Waals surface area (Å²) in [5.74, 6) is 1.44. The highest BCUT2D eigenvalue weighted by Gasteiger charge is 2.23. The normalized spacial score (nSPS) is 20.4. The summed E-state index contributed by atoms with van der Waals surface area (Å²) in [6.45, 7) is 2.20. The third-order valence-corrected chi connectivity index (χ3v) is 5.81. The molecule has 1 aromatic carbocycles. The number of carbonyl (C=O) groups excluding carboxylic acids is 1. The molecule has 2 aromatic rings. The minimum absolute atomic E-state index is 0.0143. The molecule has 1 saturated carbocycles. The molecular formula is C17H21BrN4O2S. The standard InChI is InChI=1S/C17H21BrN4O2S/c1-10-4-2-3-5-13(10)19-15(24)9-25-17-20-16(21-22-17)12-8-11(18)6-7-14(12)23/h6-8,10,13,23H,2-5,9H2,1H3,(H,19,24)(H,20,21,22)/t10-,13-/m1/s1. The van der Waals surface area contributed by atoms with Crippen molar-refractivity contribution in [2.75, 3.05) is 5.75 Å². The molecule has 0 unspecified atom stereocenters. The predicted octanol–water partition coefficient (Wildman–Crippen LogP) is 3.73. The van der Waals surface area contributed by atoms with Gasteiger partial charge in [0, 0.05) is 10.5 Å². The maximum Gasteiger partial charge on any atom is 0.230 e. The monoisotopic (exact) mass is 424 g/mol. The van der Waals surface area contributed by atoms with Crippen LogP contribution in [0, 0.1) is 5.92 Å². The maximum absolute atomic E-state index is 12.2. The van der Waals surface area contributed by atoms with E-state index in [1.807, 2.05) is 0 Å². The van der Waals surface area contributed by atoms with E-state index in [0.717, 1.165) is 10.9 Å². The van der Waals surface area contributed by atoms with Crippen molar-refractivity contribution in [1.82, 2.24) is 20.5 Å². The van der Waals surface area contributed by atoms with Crippen molar-refractivity contribution in [1.29, 1.82) is 0 Å². The topological polar surface area (TPSA) is 90.9 Å². The number of hydrogen-bond donors (Lipinski definition) is 3. The van der Waals surface area contributed by atoms with Crippen LogP contribution in [0.3, 0.4) is 0 Å². The predicted molar refractivity (Wildman–Crippen MR) is 101 cm³/mol. The van der Waals surface area contributed by atoms with E-state index in [1.165, 1.54) is 31.0 Å². The van der Waals surface area contributed by atoms with Gasteiger partial charge in [-0.1, -0.05) is 47.5 Å². The van der Waals surface area contributed by atoms with E-state index < -0.39 is 0 Å². The van der Waals surface area contributed by atoms with Crippen LogP contribution in [0.15, 0.2) is 27.8 Å². The van der Waals surface area contributed by atoms with Crippen LogP contribution in [0.25, 0.3) is 11.4 Å². The number of nitrogens with zero attached hydrogens (tertiary/aromatic N) is 2. The second-order valence-electron chi connectivity index (χ2n) is 6.35. The van der Waals surface area contributed by atoms with Crippen LogP contribution in [0.2, 0.25) is 0 Å². The zero-order chi connectivity index (χ0) is 17.8. The molecule has 3 N–H and O–H groups in total. The Kier molecular flexibility index (Phi) is 6.01. The average molecular weight is 425 g/mol. The zero-order valence-electron chi connectivity index (χ0n) is 14.0. The molecule has 0 bridgehead atoms. The Labute approximate surface area is 159 Å². The Morgan fingerprint density at radius 1 is 1.44 bits per heavy atom. The molecule has 134 valence electrons. The summed E-state index contributed by atoms with van der Waals surface area (Å²) in [4.78, 5) is 16.5. The molecule has 1 amide bonds. The molecule has 8 heteroatoms. The number of nitrogens with one attached hydrogen (secondary N) is 2. The molecule has 1 aromatic heterocycles. The fraction of sp³-hybridized carbons (Fsp3) is 0.471. The third kappa shape index (κ3) is 4.76. The van der Waals surface area contributed by atoms with Gasteiger partial charge in [-0.05, 0) is 37.0 Å². The van der Waals surface area contributed by atoms with Gasteiger partial charge in [0.15, 0.2) is 5.82 Å². The maximum atomic E-state index is 12.2. The van der Waals surface area contributed by atoms with E-state index in [1.54, 1.807) is 18.2 Å². The number of benzene rings is 1. The van der Waals surface area contributed by atoms with Crippen LogP contribution in [0.4, 0.5) is 0 Å². The van der Waals surface area contributed by atoms with Crippen molar-refractivity contribution in [3.63, 3.8) is 0 Å². The van der Waals surface area contributed by atoms with Crippen LogP contribution in [0.5, 0.6) is 5.75 Å². The first kappa shape index (κ1) is 18.3. The number of rotatable bonds is 5. The summed E-state index contributed by atoms with van der Waals surface area (Å²) in [6.07, 6.45) is 4.68. The van der Waals surface area contributed by atoms with Crippen molar-refractivity contribution >= 4 is 33.6 Å². The minimum Gasteiger partial charge on any atom is -0.507 e. The quantitative estimate of drug-likeness (QED) is 0.636. The number of H-pyrrole nitrogens is 1. The van der Waals surface area contributed by atoms with E-state index in [4.69, 9.17) is 0 Å². The lowest BCUT2D eigenvalue weighted by atomic mass is 9.86. The molecule has 1 aliphatic rings. The summed E-state index contributed by atoms with van der Waals surface area (Å²) in [7, 11) is 0. The van der Waals surface area contributed by atoms with Gasteiger partial charge in [-0.2, -0.15) is 0 Å². The number of aromatic hydroxyl groups is 1. The molecule has 1 heterocycles. The number of carbonyl (C=O) groups is 1. The zero-order valence-corrected chi connectivity index (χ0v) is 16.4. The smallest absolute Gasteiger partial charge is 0.230 e. The van der Waals surface area contributed by atoms with Crippen molar-refractivity contribution in [2.24, 2.45) is 5.92 Å². The van der Waals surface area contributed by atoms with Gasteiger partial charge in [0.25, 0.3) is 0 Å². The number of thioether (sulfide) groups is 1. The number of phenolic OH excluding ortho intramolecular Hbond substituents is 1. The molecule has 1 aliphatic carbocycles. The molecule has 25 heavy (non-hydrogen) atoms. The summed E-state index contributed by atoms with van der Waals surface area (Å²) in [5.41, 5.74) is 0.564. The number of amides is 1. The Balaban J connectivity index is 1.56. The SMILES string of the molecule is C[C@@H]1CCCC[C@H]1NC(=O)CSc1n[nH]c(-c2cc(Br)ccc2O)n1. The number of aromatic amines is 1. The third-order valence-electron chi connectivity index (χ3n) is 4.47. The second-order valence-corrected chi connectivity index (χ2v) is 8.21. The molecule has 3 rings (SSSR count). The van der Waals surface area contributed by atoms with Gasteiger partial charge >= 0.3 is 0 Å². The fourth-order valence-corrected chi connectivity index (χ4v) is 4.01. The molecule has 2 atom stereocenters. The van der Waals surface area contributed by atoms with Gasteiger partial charge in [0.2, 0.25) is 11.1 Å². The first-order chi connectivity index (χ1) is 12.0. The minimum atomic E-state index is 0.0143. The Morgan fingerprint density at radius 2 is 2.24 bits per heavy atom. The Morgan fingerprint density at radius 3 is 3.04 bits per heavy atom. The molecule has 6 nitrogen and oxygen atoms in total. The number of aromatic nitrogens is 3. The van der Waals surface area contributed by atoms with Crippen LogP contribution >= 0.6 is 27.7 Å². The van der Waals surface area contributed by atoms with E-state index in [0.29, 0.717) is 22.5 Å². The summed E-state index contributed by atoms with van der Waals surface area (Å²) in [5, 5.41) is 20.5. The lowest BCUT2D eigenvalue weighted by molar-refractivity contribution is -0.119. The van der Waals surface area contributed by atoms with Gasteiger partial charge in [0.05, 0.1) is 11.3 Å². The molecule has 0 saturated heterocycles. The largest absolute Gasteiger partial charge is 0.507 e. The van der Waals surface area contributed by atoms with Gasteiger partial charge in [-0.15, -0.1) is 5.10 Å². The number of hydrogen-bond acceptors (Lipinski definition) is 5. The van der Waals surface area contributed by atoms with E-state index >= 15 is 0 Å². The van der Waals surface area contributed by atoms with Gasteiger partial charge in [-0.3, -0.25) is 9.89 Å². The molecule has 0 radical (unpaired) electrons. The van der Waals surface area contributed by atoms with E-state index in [2.05, 4.69) is 43.4 Å².